The van der Waals surface area contributed by atoms with Gasteiger partial charge in [0.15, 0.2) is 0 Å². The van der Waals surface area contributed by atoms with Crippen LogP contribution in [0, 0.1) is 5.92 Å². The molecule has 4 rings (SSSR count). The van der Waals surface area contributed by atoms with E-state index in [0.717, 1.165) is 16.7 Å². The highest BCUT2D eigenvalue weighted by molar-refractivity contribution is 5.98. The summed E-state index contributed by atoms with van der Waals surface area (Å²) in [5.74, 6) is -0.326. The number of amides is 1. The Kier molecular flexibility index (Phi) is 8.83. The van der Waals surface area contributed by atoms with Crippen molar-refractivity contribution in [3.05, 3.63) is 77.5 Å². The molecule has 9 heteroatoms. The molecule has 0 saturated heterocycles. The van der Waals surface area contributed by atoms with Crippen molar-refractivity contribution in [3.8, 4) is 22.8 Å². The number of hydrogen-bond acceptors (Lipinski definition) is 7. The molecule has 206 valence electrons. The number of aromatic carboxylic acids is 1. The van der Waals surface area contributed by atoms with E-state index in [1.165, 1.54) is 0 Å². The maximum Gasteiger partial charge on any atom is 0.335 e. The van der Waals surface area contributed by atoms with Gasteiger partial charge in [-0.1, -0.05) is 37.3 Å². The van der Waals surface area contributed by atoms with Crippen LogP contribution in [0.5, 0.6) is 11.6 Å². The third-order valence-corrected chi connectivity index (χ3v) is 7.08. The third-order valence-electron chi connectivity index (χ3n) is 7.08. The molecule has 0 unspecified atom stereocenters. The number of pyridine rings is 1. The summed E-state index contributed by atoms with van der Waals surface area (Å²) in [6, 6.07) is 15.7. The van der Waals surface area contributed by atoms with E-state index in [9.17, 15) is 14.7 Å². The van der Waals surface area contributed by atoms with Gasteiger partial charge in [-0.15, -0.1) is 0 Å². The van der Waals surface area contributed by atoms with Gasteiger partial charge in [0.2, 0.25) is 5.88 Å². The van der Waals surface area contributed by atoms with Gasteiger partial charge in [-0.25, -0.2) is 9.78 Å². The quantitative estimate of drug-likeness (QED) is 0.427. The number of fused-ring (bicyclic) bond motifs is 1. The van der Waals surface area contributed by atoms with Gasteiger partial charge in [-0.05, 0) is 43.8 Å². The van der Waals surface area contributed by atoms with Crippen LogP contribution in [0.1, 0.15) is 40.1 Å². The standard InChI is InChI=1S/C30H35N3O6/c1-19-15-33(20(2)18-34)29(35)25-13-23(24-7-5-6-8-26(24)38-4)14-31-28(25)39-27(19)17-32(3)16-21-9-11-22(12-10-21)30(36)37/h5-14,19-20,27,34H,15-18H2,1-4H3,(H,36,37)/t19-,20+,27+/m0/s1. The number of likely N-dealkylation sites (N-methyl/N-ethyl adjacent to an activating group) is 1. The van der Waals surface area contributed by atoms with E-state index in [-0.39, 0.29) is 42.0 Å². The summed E-state index contributed by atoms with van der Waals surface area (Å²) in [6.07, 6.45) is 1.39. The van der Waals surface area contributed by atoms with E-state index in [1.807, 2.05) is 57.3 Å². The van der Waals surface area contributed by atoms with Crippen LogP contribution < -0.4 is 9.47 Å². The van der Waals surface area contributed by atoms with Crippen molar-refractivity contribution in [1.82, 2.24) is 14.8 Å². The molecule has 2 aromatic carbocycles. The number of methoxy groups -OCH3 is 1. The second-order valence-electron chi connectivity index (χ2n) is 10.1. The second-order valence-corrected chi connectivity index (χ2v) is 10.1. The highest BCUT2D eigenvalue weighted by Crippen LogP contribution is 2.34. The predicted octanol–water partition coefficient (Wildman–Crippen LogP) is 3.81. The number of aliphatic hydroxyl groups excluding tert-OH is 1. The molecule has 1 amide bonds. The zero-order valence-electron chi connectivity index (χ0n) is 22.7. The highest BCUT2D eigenvalue weighted by Gasteiger charge is 2.34. The zero-order chi connectivity index (χ0) is 28.1. The number of nitrogens with zero attached hydrogens (tertiary/aromatic N) is 3. The van der Waals surface area contributed by atoms with Crippen molar-refractivity contribution in [2.45, 2.75) is 32.5 Å². The Hall–Kier alpha value is -3.95. The van der Waals surface area contributed by atoms with Crippen molar-refractivity contribution in [1.29, 1.82) is 0 Å². The van der Waals surface area contributed by atoms with Crippen molar-refractivity contribution >= 4 is 11.9 Å². The number of ether oxygens (including phenoxy) is 2. The number of carbonyl (C=O) groups is 2. The predicted molar refractivity (Wildman–Crippen MR) is 147 cm³/mol. The van der Waals surface area contributed by atoms with E-state index in [2.05, 4.69) is 9.88 Å². The van der Waals surface area contributed by atoms with Crippen LogP contribution in [0.25, 0.3) is 11.1 Å². The fourth-order valence-corrected chi connectivity index (χ4v) is 4.79. The van der Waals surface area contributed by atoms with Gasteiger partial charge >= 0.3 is 5.97 Å². The molecule has 0 radical (unpaired) electrons. The highest BCUT2D eigenvalue weighted by atomic mass is 16.5. The minimum atomic E-state index is -0.956. The van der Waals surface area contributed by atoms with Gasteiger partial charge in [0.25, 0.3) is 5.91 Å². The topological polar surface area (TPSA) is 112 Å². The van der Waals surface area contributed by atoms with Crippen LogP contribution in [0.4, 0.5) is 0 Å². The molecule has 1 aliphatic heterocycles. The van der Waals surface area contributed by atoms with Crippen LogP contribution in [0.2, 0.25) is 0 Å². The van der Waals surface area contributed by atoms with E-state index < -0.39 is 5.97 Å². The van der Waals surface area contributed by atoms with Gasteiger partial charge in [0.05, 0.1) is 25.3 Å². The van der Waals surface area contributed by atoms with Crippen molar-refractivity contribution < 1.29 is 29.3 Å². The maximum absolute atomic E-state index is 13.7. The van der Waals surface area contributed by atoms with Gasteiger partial charge in [-0.3, -0.25) is 9.69 Å². The van der Waals surface area contributed by atoms with Gasteiger partial charge in [0, 0.05) is 42.9 Å². The Morgan fingerprint density at radius 1 is 1.21 bits per heavy atom. The average molecular weight is 534 g/mol. The molecule has 39 heavy (non-hydrogen) atoms. The molecule has 2 N–H and O–H groups in total. The Balaban J connectivity index is 1.64. The van der Waals surface area contributed by atoms with E-state index in [4.69, 9.17) is 14.6 Å². The molecular weight excluding hydrogens is 498 g/mol. The van der Waals surface area contributed by atoms with Crippen LogP contribution in [-0.2, 0) is 6.54 Å². The fourth-order valence-electron chi connectivity index (χ4n) is 4.79. The fraction of sp³-hybridized carbons (Fsp3) is 0.367. The Bertz CT molecular complexity index is 1310. The number of rotatable bonds is 9. The molecular formula is C30H35N3O6. The molecule has 1 aliphatic rings. The van der Waals surface area contributed by atoms with Crippen molar-refractivity contribution in [3.63, 3.8) is 0 Å². The number of hydrogen-bond donors (Lipinski definition) is 2. The SMILES string of the molecule is COc1ccccc1-c1cnc2c(c1)C(=O)N([C@H](C)CO)C[C@H](C)[C@@H](CN(C)Cc1ccc(C(=O)O)cc1)O2. The second kappa shape index (κ2) is 12.3. The average Bonchev–Trinajstić information content (AvgIpc) is 2.94. The molecule has 1 aromatic heterocycles. The van der Waals surface area contributed by atoms with Crippen LogP contribution in [0.15, 0.2) is 60.8 Å². The first-order valence-corrected chi connectivity index (χ1v) is 12.9. The number of carboxylic acids is 1. The summed E-state index contributed by atoms with van der Waals surface area (Å²) in [4.78, 5) is 33.3. The summed E-state index contributed by atoms with van der Waals surface area (Å²) in [5, 5.41) is 19.1. The zero-order valence-corrected chi connectivity index (χ0v) is 22.7. The molecule has 3 atom stereocenters. The first-order chi connectivity index (χ1) is 18.7. The Morgan fingerprint density at radius 2 is 1.92 bits per heavy atom. The van der Waals surface area contributed by atoms with Crippen molar-refractivity contribution in [2.75, 3.05) is 33.9 Å². The van der Waals surface area contributed by atoms with E-state index in [0.29, 0.717) is 30.9 Å². The van der Waals surface area contributed by atoms with Crippen LogP contribution >= 0.6 is 0 Å². The molecule has 3 aromatic rings. The summed E-state index contributed by atoms with van der Waals surface area (Å²) in [6.45, 7) is 5.24. The first kappa shape index (κ1) is 28.1. The number of carboxylic acid groups (broad SMARTS) is 1. The van der Waals surface area contributed by atoms with Crippen molar-refractivity contribution in [2.24, 2.45) is 5.92 Å². The maximum atomic E-state index is 13.7. The summed E-state index contributed by atoms with van der Waals surface area (Å²) in [7, 11) is 3.57. The molecule has 0 fully saturated rings. The Labute approximate surface area is 228 Å². The Morgan fingerprint density at radius 3 is 2.59 bits per heavy atom. The summed E-state index contributed by atoms with van der Waals surface area (Å²) < 4.78 is 11.9. The van der Waals surface area contributed by atoms with Gasteiger partial charge < -0.3 is 24.6 Å². The normalized spacial score (nSPS) is 18.1. The number of carbonyl (C=O) groups excluding carboxylic acids is 1. The number of benzene rings is 2. The molecule has 9 nitrogen and oxygen atoms in total. The molecule has 0 spiro atoms. The molecule has 0 aliphatic carbocycles. The lowest BCUT2D eigenvalue weighted by Crippen LogP contribution is -2.49. The lowest BCUT2D eigenvalue weighted by Gasteiger charge is -2.37. The molecule has 0 bridgehead atoms. The minimum absolute atomic E-state index is 0.0522. The van der Waals surface area contributed by atoms with Gasteiger partial charge in [0.1, 0.15) is 17.4 Å². The lowest BCUT2D eigenvalue weighted by atomic mass is 9.98. The smallest absolute Gasteiger partial charge is 0.335 e. The number of para-hydroxylation sites is 1. The number of aromatic nitrogens is 1. The minimum Gasteiger partial charge on any atom is -0.496 e. The molecule has 0 saturated carbocycles. The summed E-state index contributed by atoms with van der Waals surface area (Å²) in [5.41, 5.74) is 3.10. The van der Waals surface area contributed by atoms with Crippen LogP contribution in [-0.4, -0.2) is 82.9 Å². The van der Waals surface area contributed by atoms with Crippen LogP contribution in [0.3, 0.4) is 0 Å². The van der Waals surface area contributed by atoms with E-state index >= 15 is 0 Å². The lowest BCUT2D eigenvalue weighted by molar-refractivity contribution is 0.0325. The summed E-state index contributed by atoms with van der Waals surface area (Å²) >= 11 is 0. The number of aliphatic hydroxyl groups is 1. The van der Waals surface area contributed by atoms with Gasteiger partial charge in [-0.2, -0.15) is 0 Å². The van der Waals surface area contributed by atoms with E-state index in [1.54, 1.807) is 36.4 Å². The molecule has 2 heterocycles. The largest absolute Gasteiger partial charge is 0.496 e. The third kappa shape index (κ3) is 6.38. The first-order valence-electron chi connectivity index (χ1n) is 12.9. The monoisotopic (exact) mass is 533 g/mol.